The molecule has 1 aromatic heterocycles. The van der Waals surface area contributed by atoms with Crippen LogP contribution in [0.3, 0.4) is 0 Å². The van der Waals surface area contributed by atoms with Crippen molar-refractivity contribution in [3.63, 3.8) is 0 Å². The van der Waals surface area contributed by atoms with Gasteiger partial charge in [0.05, 0.1) is 0 Å². The molecule has 0 bridgehead atoms. The van der Waals surface area contributed by atoms with E-state index in [9.17, 15) is 4.39 Å². The van der Waals surface area contributed by atoms with Gasteiger partial charge in [0.25, 0.3) is 0 Å². The first-order valence-corrected chi connectivity index (χ1v) is 6.42. The topological polar surface area (TPSA) is 47.0 Å². The van der Waals surface area contributed by atoms with E-state index in [1.54, 1.807) is 24.5 Å². The van der Waals surface area contributed by atoms with Crippen molar-refractivity contribution in [1.82, 2.24) is 15.3 Å². The van der Waals surface area contributed by atoms with Crippen LogP contribution in [-0.4, -0.2) is 15.5 Å². The zero-order chi connectivity index (χ0) is 14.6. The van der Waals surface area contributed by atoms with E-state index in [4.69, 9.17) is 4.74 Å². The van der Waals surface area contributed by atoms with Crippen molar-refractivity contribution in [1.29, 1.82) is 0 Å². The second-order valence-corrected chi connectivity index (χ2v) is 5.54. The minimum atomic E-state index is -0.353. The third-order valence-corrected chi connectivity index (χ3v) is 2.51. The predicted molar refractivity (Wildman–Crippen MR) is 75.1 cm³/mol. The van der Waals surface area contributed by atoms with Crippen molar-refractivity contribution < 1.29 is 9.13 Å². The lowest BCUT2D eigenvalue weighted by Crippen LogP contribution is -2.35. The van der Waals surface area contributed by atoms with Crippen LogP contribution < -0.4 is 10.1 Å². The monoisotopic (exact) mass is 275 g/mol. The first-order valence-electron chi connectivity index (χ1n) is 6.42. The molecule has 0 aliphatic carbocycles. The largest absolute Gasteiger partial charge is 0.424 e. The van der Waals surface area contributed by atoms with E-state index < -0.39 is 0 Å². The normalized spacial score (nSPS) is 11.4. The summed E-state index contributed by atoms with van der Waals surface area (Å²) in [6.07, 6.45) is 3.39. The van der Waals surface area contributed by atoms with E-state index in [0.717, 1.165) is 5.56 Å². The lowest BCUT2D eigenvalue weighted by molar-refractivity contribution is 0.419. The molecule has 0 radical (unpaired) electrons. The molecule has 20 heavy (non-hydrogen) atoms. The average Bonchev–Trinajstić information content (AvgIpc) is 2.37. The standard InChI is InChI=1S/C15H18FN3O/c1-15(2,3)19-10-11-8-17-14(18-9-11)20-13-6-4-5-12(16)7-13/h4-9,19H,10H2,1-3H3. The highest BCUT2D eigenvalue weighted by atomic mass is 19.1. The van der Waals surface area contributed by atoms with E-state index in [0.29, 0.717) is 12.3 Å². The Kier molecular flexibility index (Phi) is 4.29. The molecule has 0 spiro atoms. The number of benzene rings is 1. The van der Waals surface area contributed by atoms with Gasteiger partial charge in [-0.05, 0) is 32.9 Å². The van der Waals surface area contributed by atoms with Gasteiger partial charge in [-0.25, -0.2) is 14.4 Å². The lowest BCUT2D eigenvalue weighted by Gasteiger charge is -2.20. The quantitative estimate of drug-likeness (QED) is 0.930. The van der Waals surface area contributed by atoms with Gasteiger partial charge in [0.15, 0.2) is 0 Å². The van der Waals surface area contributed by atoms with Crippen LogP contribution in [0.25, 0.3) is 0 Å². The maximum atomic E-state index is 13.0. The SMILES string of the molecule is CC(C)(C)NCc1cnc(Oc2cccc(F)c2)nc1. The zero-order valence-electron chi connectivity index (χ0n) is 11.9. The fraction of sp³-hybridized carbons (Fsp3) is 0.333. The number of nitrogens with zero attached hydrogens (tertiary/aromatic N) is 2. The maximum Gasteiger partial charge on any atom is 0.321 e. The van der Waals surface area contributed by atoms with Crippen LogP contribution in [0.5, 0.6) is 11.8 Å². The summed E-state index contributed by atoms with van der Waals surface area (Å²) in [5, 5.41) is 3.34. The van der Waals surface area contributed by atoms with Gasteiger partial charge in [-0.3, -0.25) is 0 Å². The van der Waals surface area contributed by atoms with Gasteiger partial charge in [-0.1, -0.05) is 6.07 Å². The predicted octanol–water partition coefficient (Wildman–Crippen LogP) is 3.30. The Morgan fingerprint density at radius 1 is 1.20 bits per heavy atom. The zero-order valence-corrected chi connectivity index (χ0v) is 11.9. The third-order valence-electron chi connectivity index (χ3n) is 2.51. The highest BCUT2D eigenvalue weighted by molar-refractivity contribution is 5.25. The smallest absolute Gasteiger partial charge is 0.321 e. The van der Waals surface area contributed by atoms with E-state index in [1.807, 2.05) is 0 Å². The summed E-state index contributed by atoms with van der Waals surface area (Å²) in [6.45, 7) is 6.96. The minimum absolute atomic E-state index is 0.0384. The molecule has 0 amide bonds. The second kappa shape index (κ2) is 5.96. The Bertz CT molecular complexity index is 564. The molecule has 0 saturated carbocycles. The minimum Gasteiger partial charge on any atom is -0.424 e. The summed E-state index contributed by atoms with van der Waals surface area (Å²) in [5.74, 6) is 0.0269. The van der Waals surface area contributed by atoms with Gasteiger partial charge >= 0.3 is 6.01 Å². The summed E-state index contributed by atoms with van der Waals surface area (Å²) in [4.78, 5) is 8.22. The Labute approximate surface area is 118 Å². The van der Waals surface area contributed by atoms with Crippen molar-refractivity contribution in [3.8, 4) is 11.8 Å². The van der Waals surface area contributed by atoms with Crippen LogP contribution in [-0.2, 0) is 6.54 Å². The summed E-state index contributed by atoms with van der Waals surface area (Å²) in [5.41, 5.74) is 1.00. The molecule has 4 nitrogen and oxygen atoms in total. The summed E-state index contributed by atoms with van der Waals surface area (Å²) in [6, 6.07) is 6.08. The van der Waals surface area contributed by atoms with E-state index in [-0.39, 0.29) is 17.4 Å². The van der Waals surface area contributed by atoms with Gasteiger partial charge < -0.3 is 10.1 Å². The molecule has 0 unspecified atom stereocenters. The van der Waals surface area contributed by atoms with Gasteiger partial charge in [-0.2, -0.15) is 0 Å². The molecule has 2 aromatic rings. The van der Waals surface area contributed by atoms with Crippen molar-refractivity contribution in [2.45, 2.75) is 32.9 Å². The van der Waals surface area contributed by atoms with Crippen LogP contribution in [0, 0.1) is 5.82 Å². The van der Waals surface area contributed by atoms with Crippen LogP contribution in [0.15, 0.2) is 36.7 Å². The molecule has 0 saturated heterocycles. The second-order valence-electron chi connectivity index (χ2n) is 5.54. The molecule has 0 aliphatic rings. The molecular formula is C15H18FN3O. The summed E-state index contributed by atoms with van der Waals surface area (Å²) in [7, 11) is 0. The summed E-state index contributed by atoms with van der Waals surface area (Å²) >= 11 is 0. The fourth-order valence-corrected chi connectivity index (χ4v) is 1.49. The van der Waals surface area contributed by atoms with Gasteiger partial charge in [0.1, 0.15) is 11.6 Å². The molecular weight excluding hydrogens is 257 g/mol. The number of nitrogens with one attached hydrogen (secondary N) is 1. The molecule has 2 rings (SSSR count). The number of hydrogen-bond donors (Lipinski definition) is 1. The van der Waals surface area contributed by atoms with Crippen LogP contribution in [0.1, 0.15) is 26.3 Å². The van der Waals surface area contributed by atoms with Crippen LogP contribution >= 0.6 is 0 Å². The molecule has 1 aromatic carbocycles. The number of hydrogen-bond acceptors (Lipinski definition) is 4. The molecule has 5 heteroatoms. The average molecular weight is 275 g/mol. The Morgan fingerprint density at radius 2 is 1.90 bits per heavy atom. The first-order chi connectivity index (χ1) is 9.42. The van der Waals surface area contributed by atoms with E-state index in [1.165, 1.54) is 12.1 Å². The van der Waals surface area contributed by atoms with E-state index in [2.05, 4.69) is 36.1 Å². The van der Waals surface area contributed by atoms with Crippen molar-refractivity contribution in [2.75, 3.05) is 0 Å². The Hall–Kier alpha value is -2.01. The Balaban J connectivity index is 1.98. The van der Waals surface area contributed by atoms with E-state index >= 15 is 0 Å². The highest BCUT2D eigenvalue weighted by Gasteiger charge is 2.09. The summed E-state index contributed by atoms with van der Waals surface area (Å²) < 4.78 is 18.4. The number of aromatic nitrogens is 2. The van der Waals surface area contributed by atoms with Crippen LogP contribution in [0.4, 0.5) is 4.39 Å². The molecule has 1 heterocycles. The molecule has 0 fully saturated rings. The van der Waals surface area contributed by atoms with Crippen molar-refractivity contribution >= 4 is 0 Å². The number of halogens is 1. The van der Waals surface area contributed by atoms with Crippen LogP contribution in [0.2, 0.25) is 0 Å². The number of ether oxygens (including phenoxy) is 1. The molecule has 106 valence electrons. The van der Waals surface area contributed by atoms with Crippen molar-refractivity contribution in [2.24, 2.45) is 0 Å². The highest BCUT2D eigenvalue weighted by Crippen LogP contribution is 2.18. The van der Waals surface area contributed by atoms with Crippen molar-refractivity contribution in [3.05, 3.63) is 48.0 Å². The van der Waals surface area contributed by atoms with Gasteiger partial charge in [0, 0.05) is 36.1 Å². The van der Waals surface area contributed by atoms with Gasteiger partial charge in [-0.15, -0.1) is 0 Å². The molecule has 1 N–H and O–H groups in total. The first kappa shape index (κ1) is 14.4. The molecule has 0 aliphatic heterocycles. The fourth-order valence-electron chi connectivity index (χ4n) is 1.49. The lowest BCUT2D eigenvalue weighted by atomic mass is 10.1. The number of rotatable bonds is 4. The maximum absolute atomic E-state index is 13.0. The van der Waals surface area contributed by atoms with Gasteiger partial charge in [0.2, 0.25) is 0 Å². The Morgan fingerprint density at radius 3 is 2.50 bits per heavy atom. The molecule has 0 atom stereocenters. The third kappa shape index (κ3) is 4.59.